The Morgan fingerprint density at radius 1 is 1.48 bits per heavy atom. The summed E-state index contributed by atoms with van der Waals surface area (Å²) in [5.74, 6) is 5.80. The topological polar surface area (TPSA) is 51.2 Å². The van der Waals surface area contributed by atoms with E-state index in [1.165, 1.54) is 11.8 Å². The van der Waals surface area contributed by atoms with Crippen LogP contribution in [-0.4, -0.2) is 28.1 Å². The van der Waals surface area contributed by atoms with E-state index in [4.69, 9.17) is 16.3 Å². The molecule has 25 heavy (non-hydrogen) atoms. The van der Waals surface area contributed by atoms with E-state index >= 15 is 0 Å². The molecule has 1 aromatic carbocycles. The van der Waals surface area contributed by atoms with Gasteiger partial charge in [0.1, 0.15) is 0 Å². The van der Waals surface area contributed by atoms with Crippen molar-refractivity contribution in [2.45, 2.75) is 31.7 Å². The number of carbonyl (C=O) groups excluding carboxylic acids is 1. The number of carbonyl (C=O) groups is 1. The number of rotatable bonds is 5. The Hall–Kier alpha value is -1.42. The first-order chi connectivity index (χ1) is 11.8. The highest BCUT2D eigenvalue weighted by Crippen LogP contribution is 2.32. The summed E-state index contributed by atoms with van der Waals surface area (Å²) >= 11 is 10.9. The van der Waals surface area contributed by atoms with Gasteiger partial charge in [0.2, 0.25) is 11.3 Å². The van der Waals surface area contributed by atoms with E-state index in [1.54, 1.807) is 19.2 Å². The molecular weight excluding hydrogens is 424 g/mol. The molecule has 0 aliphatic heterocycles. The molecule has 0 saturated heterocycles. The summed E-state index contributed by atoms with van der Waals surface area (Å²) in [6.07, 6.45) is 1.80. The molecule has 0 fully saturated rings. The van der Waals surface area contributed by atoms with Crippen molar-refractivity contribution in [3.05, 3.63) is 33.8 Å². The smallest absolute Gasteiger partial charge is 0.272 e. The molecule has 2 aromatic rings. The number of pyridine rings is 1. The monoisotopic (exact) mass is 440 g/mol. The summed E-state index contributed by atoms with van der Waals surface area (Å²) < 4.78 is 6.48. The number of benzene rings is 1. The molecule has 2 rings (SSSR count). The zero-order valence-corrected chi connectivity index (χ0v) is 17.5. The van der Waals surface area contributed by atoms with Crippen LogP contribution in [0, 0.1) is 11.8 Å². The van der Waals surface area contributed by atoms with Gasteiger partial charge in [0.15, 0.2) is 0 Å². The maximum absolute atomic E-state index is 12.5. The largest absolute Gasteiger partial charge is 0.452 e. The molecule has 0 spiro atoms. The second-order valence-electron chi connectivity index (χ2n) is 5.76. The molecule has 1 N–H and O–H groups in total. The molecule has 0 saturated carbocycles. The quantitative estimate of drug-likeness (QED) is 0.542. The van der Waals surface area contributed by atoms with Crippen molar-refractivity contribution in [3.63, 3.8) is 0 Å². The fourth-order valence-corrected chi connectivity index (χ4v) is 3.34. The van der Waals surface area contributed by atoms with Gasteiger partial charge in [0.05, 0.1) is 20.6 Å². The van der Waals surface area contributed by atoms with E-state index in [-0.39, 0.29) is 5.91 Å². The number of thioether (sulfide) groups is 1. The van der Waals surface area contributed by atoms with Gasteiger partial charge in [-0.05, 0) is 55.1 Å². The zero-order valence-electron chi connectivity index (χ0n) is 14.3. The molecule has 0 bridgehead atoms. The average molecular weight is 442 g/mol. The normalized spacial score (nSPS) is 12.2. The molecule has 0 radical (unpaired) electrons. The Morgan fingerprint density at radius 3 is 2.84 bits per heavy atom. The van der Waals surface area contributed by atoms with Gasteiger partial charge < -0.3 is 10.1 Å². The summed E-state index contributed by atoms with van der Waals surface area (Å²) in [7, 11) is 0. The minimum atomic E-state index is -0.762. The van der Waals surface area contributed by atoms with E-state index in [1.807, 2.05) is 32.0 Å². The van der Waals surface area contributed by atoms with E-state index in [2.05, 4.69) is 38.1 Å². The first-order valence-electron chi connectivity index (χ1n) is 7.47. The van der Waals surface area contributed by atoms with Crippen molar-refractivity contribution in [1.29, 1.82) is 0 Å². The molecule has 1 unspecified atom stereocenters. The third kappa shape index (κ3) is 5.04. The van der Waals surface area contributed by atoms with Gasteiger partial charge >= 0.3 is 0 Å². The first-order valence-corrected chi connectivity index (χ1v) is 9.93. The van der Waals surface area contributed by atoms with Crippen LogP contribution in [0.5, 0.6) is 5.88 Å². The van der Waals surface area contributed by atoms with E-state index in [0.29, 0.717) is 20.9 Å². The molecule has 0 aliphatic carbocycles. The number of para-hydroxylation sites is 1. The van der Waals surface area contributed by atoms with Crippen LogP contribution in [0.1, 0.15) is 20.8 Å². The molecule has 132 valence electrons. The number of amides is 1. The standard InChI is InChI=1S/C18H18BrClN2O2S/c1-5-9-18(2,3)22-15(23)17(25-4)24-16-12(19)10-11-7-6-8-13(20)14(11)21-16/h6-8,10,17H,1-4H3,(H,22,23). The van der Waals surface area contributed by atoms with Gasteiger partial charge in [-0.15, -0.1) is 17.7 Å². The van der Waals surface area contributed by atoms with Crippen molar-refractivity contribution >= 4 is 56.1 Å². The van der Waals surface area contributed by atoms with Crippen LogP contribution in [0.4, 0.5) is 0 Å². The van der Waals surface area contributed by atoms with Crippen molar-refractivity contribution < 1.29 is 9.53 Å². The van der Waals surface area contributed by atoms with Crippen LogP contribution < -0.4 is 10.1 Å². The molecule has 1 amide bonds. The summed E-state index contributed by atoms with van der Waals surface area (Å²) in [4.78, 5) is 17.0. The molecule has 1 heterocycles. The van der Waals surface area contributed by atoms with Gasteiger partial charge in [-0.3, -0.25) is 4.79 Å². The van der Waals surface area contributed by atoms with Crippen molar-refractivity contribution in [2.24, 2.45) is 0 Å². The summed E-state index contributed by atoms with van der Waals surface area (Å²) in [5.41, 5.74) is -0.776. The second kappa shape index (κ2) is 8.31. The van der Waals surface area contributed by atoms with Crippen LogP contribution in [0.2, 0.25) is 5.02 Å². The third-order valence-corrected chi connectivity index (χ3v) is 4.85. The number of hydrogen-bond donors (Lipinski definition) is 1. The molecule has 4 nitrogen and oxygen atoms in total. The highest BCUT2D eigenvalue weighted by atomic mass is 79.9. The van der Waals surface area contributed by atoms with Crippen LogP contribution in [0.3, 0.4) is 0 Å². The fraction of sp³-hybridized carbons (Fsp3) is 0.333. The molecule has 1 atom stereocenters. The summed E-state index contributed by atoms with van der Waals surface area (Å²) in [6, 6.07) is 7.40. The molecule has 1 aromatic heterocycles. The lowest BCUT2D eigenvalue weighted by Gasteiger charge is -2.24. The Labute approximate surface area is 165 Å². The van der Waals surface area contributed by atoms with Crippen LogP contribution in [0.25, 0.3) is 10.9 Å². The van der Waals surface area contributed by atoms with Crippen LogP contribution in [-0.2, 0) is 4.79 Å². The van der Waals surface area contributed by atoms with E-state index in [0.717, 1.165) is 5.39 Å². The van der Waals surface area contributed by atoms with Gasteiger partial charge in [-0.2, -0.15) is 0 Å². The molecule has 7 heteroatoms. The third-order valence-electron chi connectivity index (χ3n) is 3.24. The maximum atomic E-state index is 12.5. The first kappa shape index (κ1) is 19.9. The Bertz CT molecular complexity index is 861. The van der Waals surface area contributed by atoms with Crippen LogP contribution >= 0.6 is 39.3 Å². The predicted molar refractivity (Wildman–Crippen MR) is 108 cm³/mol. The van der Waals surface area contributed by atoms with Crippen molar-refractivity contribution in [1.82, 2.24) is 10.3 Å². The summed E-state index contributed by atoms with van der Waals surface area (Å²) in [5, 5.41) is 4.28. The Balaban J connectivity index is 2.27. The van der Waals surface area contributed by atoms with E-state index in [9.17, 15) is 4.79 Å². The molecular formula is C18H18BrClN2O2S. The number of nitrogens with zero attached hydrogens (tertiary/aromatic N) is 1. The van der Waals surface area contributed by atoms with E-state index < -0.39 is 11.0 Å². The SMILES string of the molecule is CC#CC(C)(C)NC(=O)C(Oc1nc2c(Cl)cccc2cc1Br)SC. The maximum Gasteiger partial charge on any atom is 0.272 e. The number of halogens is 2. The fourth-order valence-electron chi connectivity index (χ4n) is 2.22. The lowest BCUT2D eigenvalue weighted by atomic mass is 10.1. The van der Waals surface area contributed by atoms with Crippen molar-refractivity contribution in [2.75, 3.05) is 6.26 Å². The predicted octanol–water partition coefficient (Wildman–Crippen LogP) is 4.64. The van der Waals surface area contributed by atoms with Crippen molar-refractivity contribution in [3.8, 4) is 17.7 Å². The van der Waals surface area contributed by atoms with Gasteiger partial charge in [-0.1, -0.05) is 29.7 Å². The average Bonchev–Trinajstić information content (AvgIpc) is 2.52. The number of aromatic nitrogens is 1. The van der Waals surface area contributed by atoms with Gasteiger partial charge in [0, 0.05) is 5.39 Å². The molecule has 0 aliphatic rings. The van der Waals surface area contributed by atoms with Gasteiger partial charge in [-0.25, -0.2) is 4.98 Å². The lowest BCUT2D eigenvalue weighted by molar-refractivity contribution is -0.125. The Morgan fingerprint density at radius 2 is 2.20 bits per heavy atom. The zero-order chi connectivity index (χ0) is 18.6. The summed E-state index contributed by atoms with van der Waals surface area (Å²) in [6.45, 7) is 5.40. The lowest BCUT2D eigenvalue weighted by Crippen LogP contribution is -2.47. The second-order valence-corrected chi connectivity index (χ2v) is 7.92. The number of fused-ring (bicyclic) bond motifs is 1. The number of ether oxygens (including phenoxy) is 1. The number of nitrogens with one attached hydrogen (secondary N) is 1. The van der Waals surface area contributed by atoms with Gasteiger partial charge in [0.25, 0.3) is 5.91 Å². The minimum absolute atomic E-state index is 0.270. The highest BCUT2D eigenvalue weighted by molar-refractivity contribution is 9.10. The highest BCUT2D eigenvalue weighted by Gasteiger charge is 2.26. The Kier molecular flexibility index (Phi) is 6.61. The van der Waals surface area contributed by atoms with Crippen LogP contribution in [0.15, 0.2) is 28.7 Å². The number of hydrogen-bond acceptors (Lipinski definition) is 4. The minimum Gasteiger partial charge on any atom is -0.452 e.